The zero-order valence-corrected chi connectivity index (χ0v) is 11.5. The van der Waals surface area contributed by atoms with E-state index >= 15 is 0 Å². The van der Waals surface area contributed by atoms with Crippen molar-refractivity contribution in [2.75, 3.05) is 0 Å². The van der Waals surface area contributed by atoms with Gasteiger partial charge >= 0.3 is 5.97 Å². The molecule has 1 aromatic carbocycles. The molecule has 21 heavy (non-hydrogen) atoms. The lowest BCUT2D eigenvalue weighted by Gasteiger charge is -2.08. The molecule has 2 aromatic rings. The molecule has 108 valence electrons. The number of rotatable bonds is 4. The normalized spacial score (nSPS) is 10.1. The van der Waals surface area contributed by atoms with E-state index in [1.54, 1.807) is 24.3 Å². The summed E-state index contributed by atoms with van der Waals surface area (Å²) in [5, 5.41) is 21.8. The maximum Gasteiger partial charge on any atom is 0.341 e. The number of nitrogens with one attached hydrogen (secondary N) is 1. The molecule has 3 N–H and O–H groups in total. The number of carbonyl (C=O) groups is 2. The van der Waals surface area contributed by atoms with Gasteiger partial charge in [0.05, 0.1) is 0 Å². The van der Waals surface area contributed by atoms with Crippen LogP contribution in [0.2, 0.25) is 5.02 Å². The third-order valence-corrected chi connectivity index (χ3v) is 3.01. The molecule has 0 aliphatic heterocycles. The van der Waals surface area contributed by atoms with Crippen LogP contribution in [0.15, 0.2) is 36.7 Å². The molecule has 7 heteroatoms. The zero-order chi connectivity index (χ0) is 15.4. The Kier molecular flexibility index (Phi) is 4.39. The monoisotopic (exact) mass is 306 g/mol. The highest BCUT2D eigenvalue weighted by atomic mass is 35.5. The molecule has 0 saturated heterocycles. The van der Waals surface area contributed by atoms with Gasteiger partial charge in [-0.25, -0.2) is 4.79 Å². The molecule has 0 aliphatic carbocycles. The van der Waals surface area contributed by atoms with Crippen molar-refractivity contribution in [1.29, 1.82) is 0 Å². The van der Waals surface area contributed by atoms with Crippen LogP contribution in [0.25, 0.3) is 0 Å². The molecule has 0 fully saturated rings. The highest BCUT2D eigenvalue weighted by Gasteiger charge is 2.18. The summed E-state index contributed by atoms with van der Waals surface area (Å²) < 4.78 is 0. The van der Waals surface area contributed by atoms with E-state index in [0.717, 1.165) is 18.0 Å². The Labute approximate surface area is 125 Å². The Balaban J connectivity index is 2.12. The fraction of sp³-hybridized carbons (Fsp3) is 0.0714. The summed E-state index contributed by atoms with van der Waals surface area (Å²) in [5.74, 6) is -2.57. The number of aromatic carboxylic acids is 1. The molecule has 1 amide bonds. The van der Waals surface area contributed by atoms with Gasteiger partial charge in [-0.15, -0.1) is 0 Å². The van der Waals surface area contributed by atoms with E-state index in [0.29, 0.717) is 5.02 Å². The van der Waals surface area contributed by atoms with E-state index in [-0.39, 0.29) is 12.1 Å². The Bertz CT molecular complexity index is 686. The van der Waals surface area contributed by atoms with Crippen molar-refractivity contribution in [1.82, 2.24) is 10.3 Å². The van der Waals surface area contributed by atoms with Crippen molar-refractivity contribution in [2.45, 2.75) is 6.54 Å². The number of hydrogen-bond acceptors (Lipinski definition) is 4. The number of aromatic nitrogens is 1. The van der Waals surface area contributed by atoms with Gasteiger partial charge in [0.25, 0.3) is 5.91 Å². The van der Waals surface area contributed by atoms with E-state index in [9.17, 15) is 14.7 Å². The van der Waals surface area contributed by atoms with E-state index < -0.39 is 23.2 Å². The summed E-state index contributed by atoms with van der Waals surface area (Å²) in [6.45, 7) is 0.215. The Morgan fingerprint density at radius 3 is 2.38 bits per heavy atom. The number of carboxylic acids is 1. The van der Waals surface area contributed by atoms with Crippen LogP contribution in [0, 0.1) is 0 Å². The first kappa shape index (κ1) is 14.8. The van der Waals surface area contributed by atoms with Crippen LogP contribution >= 0.6 is 11.6 Å². The predicted molar refractivity (Wildman–Crippen MR) is 75.5 cm³/mol. The van der Waals surface area contributed by atoms with Gasteiger partial charge in [0.15, 0.2) is 0 Å². The molecule has 6 nitrogen and oxygen atoms in total. The smallest absolute Gasteiger partial charge is 0.341 e. The van der Waals surface area contributed by atoms with E-state index in [4.69, 9.17) is 16.7 Å². The minimum atomic E-state index is -1.35. The van der Waals surface area contributed by atoms with Crippen molar-refractivity contribution in [3.63, 3.8) is 0 Å². The number of benzene rings is 1. The van der Waals surface area contributed by atoms with Gasteiger partial charge in [-0.2, -0.15) is 0 Å². The van der Waals surface area contributed by atoms with Crippen molar-refractivity contribution < 1.29 is 19.8 Å². The summed E-state index contributed by atoms with van der Waals surface area (Å²) in [6.07, 6.45) is 2.09. The minimum Gasteiger partial charge on any atom is -0.506 e. The van der Waals surface area contributed by atoms with Gasteiger partial charge in [-0.1, -0.05) is 23.7 Å². The molecule has 0 saturated carbocycles. The highest BCUT2D eigenvalue weighted by Crippen LogP contribution is 2.21. The maximum absolute atomic E-state index is 12.0. The summed E-state index contributed by atoms with van der Waals surface area (Å²) in [7, 11) is 0. The number of aromatic hydroxyl groups is 1. The van der Waals surface area contributed by atoms with Crippen molar-refractivity contribution in [3.05, 3.63) is 58.4 Å². The Hall–Kier alpha value is -2.60. The van der Waals surface area contributed by atoms with Crippen LogP contribution in [0.1, 0.15) is 26.3 Å². The van der Waals surface area contributed by atoms with E-state index in [2.05, 4.69) is 10.3 Å². The summed E-state index contributed by atoms with van der Waals surface area (Å²) in [4.78, 5) is 26.4. The average Bonchev–Trinajstić information content (AvgIpc) is 2.46. The largest absolute Gasteiger partial charge is 0.506 e. The van der Waals surface area contributed by atoms with Gasteiger partial charge in [0.2, 0.25) is 0 Å². The molecule has 1 heterocycles. The first-order valence-electron chi connectivity index (χ1n) is 5.92. The van der Waals surface area contributed by atoms with E-state index in [1.165, 1.54) is 0 Å². The fourth-order valence-corrected chi connectivity index (χ4v) is 1.78. The molecular weight excluding hydrogens is 296 g/mol. The van der Waals surface area contributed by atoms with Gasteiger partial charge in [-0.05, 0) is 17.7 Å². The number of carbonyl (C=O) groups excluding carboxylic acids is 1. The number of carboxylic acid groups (broad SMARTS) is 1. The number of amides is 1. The fourth-order valence-electron chi connectivity index (χ4n) is 1.66. The Morgan fingerprint density at radius 2 is 1.76 bits per heavy atom. The SMILES string of the molecule is O=C(O)c1cncc(C(=O)NCc2ccc(Cl)cc2)c1O. The average molecular weight is 307 g/mol. The number of hydrogen-bond donors (Lipinski definition) is 3. The number of nitrogens with zero attached hydrogens (tertiary/aromatic N) is 1. The van der Waals surface area contributed by atoms with Gasteiger partial charge in [-0.3, -0.25) is 9.78 Å². The lowest BCUT2D eigenvalue weighted by atomic mass is 10.1. The van der Waals surface area contributed by atoms with E-state index in [1.807, 2.05) is 0 Å². The predicted octanol–water partition coefficient (Wildman–Crippen LogP) is 2.07. The van der Waals surface area contributed by atoms with Crippen LogP contribution in [-0.2, 0) is 6.54 Å². The van der Waals surface area contributed by atoms with Gasteiger partial charge in [0.1, 0.15) is 16.9 Å². The van der Waals surface area contributed by atoms with Crippen molar-refractivity contribution in [2.24, 2.45) is 0 Å². The topological polar surface area (TPSA) is 99.5 Å². The molecule has 0 atom stereocenters. The third-order valence-electron chi connectivity index (χ3n) is 2.76. The zero-order valence-electron chi connectivity index (χ0n) is 10.7. The Morgan fingerprint density at radius 1 is 1.14 bits per heavy atom. The first-order chi connectivity index (χ1) is 9.99. The molecule has 0 unspecified atom stereocenters. The number of pyridine rings is 1. The lowest BCUT2D eigenvalue weighted by molar-refractivity contribution is 0.0693. The van der Waals surface area contributed by atoms with Gasteiger partial charge in [0, 0.05) is 24.0 Å². The van der Waals surface area contributed by atoms with Crippen LogP contribution < -0.4 is 5.32 Å². The molecule has 2 rings (SSSR count). The van der Waals surface area contributed by atoms with Crippen LogP contribution in [0.5, 0.6) is 5.75 Å². The first-order valence-corrected chi connectivity index (χ1v) is 6.29. The quantitative estimate of drug-likeness (QED) is 0.803. The highest BCUT2D eigenvalue weighted by molar-refractivity contribution is 6.30. The van der Waals surface area contributed by atoms with Crippen LogP contribution in [-0.4, -0.2) is 27.1 Å². The maximum atomic E-state index is 12.0. The second-order valence-corrected chi connectivity index (χ2v) is 4.63. The molecule has 0 radical (unpaired) electrons. The number of halogens is 1. The molecular formula is C14H11ClN2O4. The summed E-state index contributed by atoms with van der Waals surface area (Å²) in [6, 6.07) is 6.86. The van der Waals surface area contributed by atoms with Crippen molar-refractivity contribution in [3.8, 4) is 5.75 Å². The minimum absolute atomic E-state index is 0.191. The van der Waals surface area contributed by atoms with Crippen LogP contribution in [0.3, 0.4) is 0 Å². The van der Waals surface area contributed by atoms with Crippen LogP contribution in [0.4, 0.5) is 0 Å². The molecule has 0 bridgehead atoms. The summed E-state index contributed by atoms with van der Waals surface area (Å²) >= 11 is 5.75. The molecule has 1 aromatic heterocycles. The molecule has 0 spiro atoms. The second kappa shape index (κ2) is 6.23. The third kappa shape index (κ3) is 3.49. The molecule has 0 aliphatic rings. The summed E-state index contributed by atoms with van der Waals surface area (Å²) in [5.41, 5.74) is 0.201. The van der Waals surface area contributed by atoms with Gasteiger partial charge < -0.3 is 15.5 Å². The second-order valence-electron chi connectivity index (χ2n) is 4.20. The lowest BCUT2D eigenvalue weighted by Crippen LogP contribution is -2.23. The van der Waals surface area contributed by atoms with Crippen molar-refractivity contribution >= 4 is 23.5 Å². The standard InChI is InChI=1S/C14H11ClN2O4/c15-9-3-1-8(2-4-9)5-17-13(19)10-6-16-7-11(12(10)18)14(20)21/h1-4,6-7H,5H2,(H,16,18)(H,17,19)(H,20,21).